The first-order valence-corrected chi connectivity index (χ1v) is 11.4. The fourth-order valence-electron chi connectivity index (χ4n) is 3.26. The topological polar surface area (TPSA) is 104 Å². The summed E-state index contributed by atoms with van der Waals surface area (Å²) in [6.45, 7) is 4.41. The highest BCUT2D eigenvalue weighted by Crippen LogP contribution is 2.20. The molecule has 1 fully saturated rings. The Hall–Kier alpha value is -2.66. The van der Waals surface area contributed by atoms with E-state index in [0.29, 0.717) is 31.4 Å². The van der Waals surface area contributed by atoms with Crippen LogP contribution in [0.2, 0.25) is 0 Å². The number of pyridine rings is 1. The maximum Gasteiger partial charge on any atom is 0.242 e. The van der Waals surface area contributed by atoms with E-state index >= 15 is 0 Å². The summed E-state index contributed by atoms with van der Waals surface area (Å²) in [5.74, 6) is 0.633. The van der Waals surface area contributed by atoms with Crippen molar-refractivity contribution in [2.75, 3.05) is 37.6 Å². The van der Waals surface area contributed by atoms with Crippen LogP contribution < -0.4 is 20.3 Å². The van der Waals surface area contributed by atoms with Crippen LogP contribution in [0.25, 0.3) is 0 Å². The number of anilines is 1. The van der Waals surface area contributed by atoms with E-state index in [1.165, 1.54) is 6.07 Å². The smallest absolute Gasteiger partial charge is 0.242 e. The summed E-state index contributed by atoms with van der Waals surface area (Å²) in [5, 5.41) is 6.49. The molecule has 0 radical (unpaired) electrons. The molecule has 30 heavy (non-hydrogen) atoms. The molecule has 1 saturated heterocycles. The number of nitrogens with one attached hydrogen (secondary N) is 3. The Bertz CT molecular complexity index is 977. The predicted molar refractivity (Wildman–Crippen MR) is 115 cm³/mol. The Morgan fingerprint density at radius 1 is 1.40 bits per heavy atom. The molecule has 3 rings (SSSR count). The molecule has 1 aliphatic heterocycles. The minimum atomic E-state index is -3.54. The summed E-state index contributed by atoms with van der Waals surface area (Å²) in [6.07, 6.45) is 5.64. The number of aryl methyl sites for hydroxylation is 1. The molecule has 0 saturated carbocycles. The number of guanidine groups is 1. The molecule has 0 aliphatic carbocycles. The SMILES string of the molecule is CCNC(=NCCNS(=O)(=O)c1ccn(C)c1)NC1CCN(c2ncccc2F)C1. The lowest BCUT2D eigenvalue weighted by molar-refractivity contribution is 0.581. The number of halogens is 1. The molecule has 1 aliphatic rings. The van der Waals surface area contributed by atoms with Crippen molar-refractivity contribution >= 4 is 21.8 Å². The van der Waals surface area contributed by atoms with Crippen LogP contribution in [-0.4, -0.2) is 62.7 Å². The van der Waals surface area contributed by atoms with E-state index in [4.69, 9.17) is 0 Å². The van der Waals surface area contributed by atoms with Crippen molar-refractivity contribution in [2.45, 2.75) is 24.3 Å². The summed E-state index contributed by atoms with van der Waals surface area (Å²) in [6, 6.07) is 4.62. The lowest BCUT2D eigenvalue weighted by Gasteiger charge is -2.20. The first kappa shape index (κ1) is 22.0. The quantitative estimate of drug-likeness (QED) is 0.319. The normalized spacial score (nSPS) is 17.4. The zero-order valence-corrected chi connectivity index (χ0v) is 18.0. The third-order valence-electron chi connectivity index (χ3n) is 4.70. The molecule has 0 aromatic carbocycles. The molecular formula is C19H28FN7O2S. The fourth-order valence-corrected chi connectivity index (χ4v) is 4.33. The van der Waals surface area contributed by atoms with Gasteiger partial charge in [0.15, 0.2) is 17.6 Å². The number of nitrogens with zero attached hydrogens (tertiary/aromatic N) is 4. The van der Waals surface area contributed by atoms with Crippen LogP contribution in [-0.2, 0) is 17.1 Å². The molecule has 1 unspecified atom stereocenters. The third-order valence-corrected chi connectivity index (χ3v) is 6.15. The van der Waals surface area contributed by atoms with Crippen LogP contribution in [0.4, 0.5) is 10.2 Å². The van der Waals surface area contributed by atoms with Gasteiger partial charge < -0.3 is 20.1 Å². The summed E-state index contributed by atoms with van der Waals surface area (Å²) < 4.78 is 42.7. The van der Waals surface area contributed by atoms with Crippen molar-refractivity contribution in [3.8, 4) is 0 Å². The molecule has 0 amide bonds. The lowest BCUT2D eigenvalue weighted by atomic mass is 10.3. The lowest BCUT2D eigenvalue weighted by Crippen LogP contribution is -2.45. The van der Waals surface area contributed by atoms with Gasteiger partial charge in [-0.2, -0.15) is 0 Å². The van der Waals surface area contributed by atoms with Crippen molar-refractivity contribution in [3.63, 3.8) is 0 Å². The van der Waals surface area contributed by atoms with Gasteiger partial charge in [0.2, 0.25) is 10.0 Å². The molecule has 164 valence electrons. The molecule has 2 aromatic rings. The van der Waals surface area contributed by atoms with Crippen molar-refractivity contribution in [1.82, 2.24) is 24.9 Å². The zero-order chi connectivity index (χ0) is 21.6. The predicted octanol–water partition coefficient (Wildman–Crippen LogP) is 0.672. The summed E-state index contributed by atoms with van der Waals surface area (Å²) in [5.41, 5.74) is 0. The number of aliphatic imine (C=N–C) groups is 1. The first-order chi connectivity index (χ1) is 14.4. The molecule has 11 heteroatoms. The third kappa shape index (κ3) is 5.70. The standard InChI is InChI=1S/C19H28FN7O2S/c1-3-21-19(23-9-10-24-30(28,29)16-7-11-26(2)14-16)25-15-6-12-27(13-15)18-17(20)5-4-8-22-18/h4-5,7-8,11,14-15,24H,3,6,9-10,12-13H2,1-2H3,(H2,21,23,25). The van der Waals surface area contributed by atoms with E-state index in [2.05, 4.69) is 25.3 Å². The van der Waals surface area contributed by atoms with Gasteiger partial charge in [0.25, 0.3) is 0 Å². The number of hydrogen-bond donors (Lipinski definition) is 3. The molecular weight excluding hydrogens is 409 g/mol. The zero-order valence-electron chi connectivity index (χ0n) is 17.2. The number of aromatic nitrogens is 2. The summed E-state index contributed by atoms with van der Waals surface area (Å²) in [4.78, 5) is 10.7. The van der Waals surface area contributed by atoms with Crippen molar-refractivity contribution in [3.05, 3.63) is 42.6 Å². The Labute approximate surface area is 176 Å². The van der Waals surface area contributed by atoms with Crippen LogP contribution in [0.3, 0.4) is 0 Å². The van der Waals surface area contributed by atoms with E-state index in [1.54, 1.807) is 42.3 Å². The van der Waals surface area contributed by atoms with Gasteiger partial charge in [-0.15, -0.1) is 0 Å². The minimum Gasteiger partial charge on any atom is -0.357 e. The maximum atomic E-state index is 14.0. The van der Waals surface area contributed by atoms with Crippen LogP contribution in [0.5, 0.6) is 0 Å². The number of hydrogen-bond acceptors (Lipinski definition) is 5. The van der Waals surface area contributed by atoms with Crippen LogP contribution in [0.15, 0.2) is 46.7 Å². The van der Waals surface area contributed by atoms with E-state index in [-0.39, 0.29) is 29.8 Å². The Morgan fingerprint density at radius 3 is 2.93 bits per heavy atom. The Kier molecular flexibility index (Phi) is 7.27. The van der Waals surface area contributed by atoms with Crippen LogP contribution in [0, 0.1) is 5.82 Å². The minimum absolute atomic E-state index is 0.0882. The van der Waals surface area contributed by atoms with Crippen LogP contribution in [0.1, 0.15) is 13.3 Å². The van der Waals surface area contributed by atoms with E-state index in [0.717, 1.165) is 6.42 Å². The second kappa shape index (κ2) is 9.90. The van der Waals surface area contributed by atoms with Gasteiger partial charge >= 0.3 is 0 Å². The fraction of sp³-hybridized carbons (Fsp3) is 0.474. The Balaban J connectivity index is 1.52. The summed E-state index contributed by atoms with van der Waals surface area (Å²) in [7, 11) is -1.78. The van der Waals surface area contributed by atoms with Gasteiger partial charge in [-0.3, -0.25) is 4.99 Å². The largest absolute Gasteiger partial charge is 0.357 e. The summed E-state index contributed by atoms with van der Waals surface area (Å²) >= 11 is 0. The number of sulfonamides is 1. The second-order valence-electron chi connectivity index (χ2n) is 7.06. The van der Waals surface area contributed by atoms with Crippen molar-refractivity contribution in [2.24, 2.45) is 12.0 Å². The van der Waals surface area contributed by atoms with Gasteiger partial charge in [0.05, 0.1) is 11.4 Å². The molecule has 3 N–H and O–H groups in total. The monoisotopic (exact) mass is 437 g/mol. The van der Waals surface area contributed by atoms with E-state index < -0.39 is 10.0 Å². The molecule has 3 heterocycles. The molecule has 2 aromatic heterocycles. The van der Waals surface area contributed by atoms with Gasteiger partial charge in [-0.1, -0.05) is 0 Å². The highest BCUT2D eigenvalue weighted by atomic mass is 32.2. The average Bonchev–Trinajstić information content (AvgIpc) is 3.35. The van der Waals surface area contributed by atoms with E-state index in [1.807, 2.05) is 11.8 Å². The molecule has 0 bridgehead atoms. The molecule has 9 nitrogen and oxygen atoms in total. The molecule has 1 atom stereocenters. The second-order valence-corrected chi connectivity index (χ2v) is 8.82. The van der Waals surface area contributed by atoms with Crippen molar-refractivity contribution in [1.29, 1.82) is 0 Å². The highest BCUT2D eigenvalue weighted by molar-refractivity contribution is 7.89. The van der Waals surface area contributed by atoms with Gasteiger partial charge in [0, 0.05) is 57.9 Å². The highest BCUT2D eigenvalue weighted by Gasteiger charge is 2.26. The average molecular weight is 438 g/mol. The Morgan fingerprint density at radius 2 is 2.23 bits per heavy atom. The van der Waals surface area contributed by atoms with E-state index in [9.17, 15) is 12.8 Å². The van der Waals surface area contributed by atoms with Gasteiger partial charge in [0.1, 0.15) is 0 Å². The molecule has 0 spiro atoms. The van der Waals surface area contributed by atoms with Crippen LogP contribution >= 0.6 is 0 Å². The maximum absolute atomic E-state index is 14.0. The van der Waals surface area contributed by atoms with Gasteiger partial charge in [-0.25, -0.2) is 22.5 Å². The number of rotatable bonds is 8. The van der Waals surface area contributed by atoms with Gasteiger partial charge in [-0.05, 0) is 31.5 Å². The first-order valence-electron chi connectivity index (χ1n) is 9.91. The van der Waals surface area contributed by atoms with Crippen molar-refractivity contribution < 1.29 is 12.8 Å².